The van der Waals surface area contributed by atoms with Crippen molar-refractivity contribution in [1.82, 2.24) is 0 Å². The van der Waals surface area contributed by atoms with Crippen LogP contribution < -0.4 is 43.1 Å². The molecule has 0 saturated heterocycles. The zero-order valence-electron chi connectivity index (χ0n) is 32.2. The Labute approximate surface area is 383 Å². The van der Waals surface area contributed by atoms with Crippen molar-refractivity contribution in [3.63, 3.8) is 0 Å². The van der Waals surface area contributed by atoms with E-state index in [4.69, 9.17) is 0 Å². The van der Waals surface area contributed by atoms with E-state index in [1.807, 2.05) is 22.7 Å². The largest absolute Gasteiger partial charge is 0.416 e. The van der Waals surface area contributed by atoms with E-state index in [-0.39, 0.29) is 21.2 Å². The van der Waals surface area contributed by atoms with Crippen LogP contribution in [0.5, 0.6) is 0 Å². The van der Waals surface area contributed by atoms with Gasteiger partial charge in [0.2, 0.25) is 5.77 Å². The maximum absolute atomic E-state index is 14.2. The zero-order valence-corrected chi connectivity index (χ0v) is 36.0. The molecule has 0 atom stereocenters. The van der Waals surface area contributed by atoms with Crippen LogP contribution in [-0.2, 0) is 49.4 Å². The summed E-state index contributed by atoms with van der Waals surface area (Å²) in [7, 11) is 0. The van der Waals surface area contributed by atoms with E-state index in [0.717, 1.165) is 0 Å². The van der Waals surface area contributed by atoms with E-state index < -0.39 is 195 Å². The van der Waals surface area contributed by atoms with Gasteiger partial charge in [0.25, 0.3) is 0 Å². The highest BCUT2D eigenvalue weighted by Crippen LogP contribution is 2.41. The lowest BCUT2D eigenvalue weighted by Crippen LogP contribution is -3.61. The fourth-order valence-electron chi connectivity index (χ4n) is 6.79. The lowest BCUT2D eigenvalue weighted by Gasteiger charge is -2.46. The molecule has 0 radical (unpaired) electrons. The molecule has 0 aliphatic carbocycles. The van der Waals surface area contributed by atoms with Gasteiger partial charge in [-0.05, 0) is 47.2 Å². The van der Waals surface area contributed by atoms with Crippen LogP contribution >= 0.6 is 22.7 Å². The number of halogens is 25. The van der Waals surface area contributed by atoms with Gasteiger partial charge in [0.15, 0.2) is 0 Å². The van der Waals surface area contributed by atoms with Crippen molar-refractivity contribution in [3.8, 4) is 0 Å². The van der Waals surface area contributed by atoms with E-state index >= 15 is 0 Å². The third-order valence-corrected chi connectivity index (χ3v) is 15.3. The Hall–Kier alpha value is -4.61. The average molecular weight is 1160 g/mol. The molecule has 28 heteroatoms. The molecule has 0 aliphatic rings. The van der Waals surface area contributed by atoms with Crippen LogP contribution in [0.3, 0.4) is 0 Å². The van der Waals surface area contributed by atoms with Gasteiger partial charge in [-0.1, -0.05) is 71.2 Å². The first kappa shape index (κ1) is 54.3. The van der Waals surface area contributed by atoms with Gasteiger partial charge in [-0.15, -0.1) is 0 Å². The molecule has 2 aromatic heterocycles. The summed E-state index contributed by atoms with van der Waals surface area (Å²) in [5, 5.41) is 4.31. The number of rotatable bonds is 6. The Morgan fingerprint density at radius 3 is 0.588 bits per heavy atom. The molecule has 368 valence electrons. The first-order valence-corrected chi connectivity index (χ1v) is 21.7. The van der Waals surface area contributed by atoms with E-state index in [9.17, 15) is 105 Å². The smallest absolute Gasteiger partial charge is 0.194 e. The highest BCUT2D eigenvalue weighted by atomic mass is 127. The van der Waals surface area contributed by atoms with Crippen molar-refractivity contribution < 1.29 is 127 Å². The number of hydrogen-bond acceptors (Lipinski definition) is 2. The summed E-state index contributed by atoms with van der Waals surface area (Å²) in [6, 6.07) is -0.0782. The standard InChI is InChI=1S/C32H12BF24.C8H6IS2/c34-25(35,36)13-1-14(26(37,38)39)6-21(5-13)33(22-7-15(27(40,41)42)2-16(8-22)28(43,44)45,23-9-17(29(46,47)48)3-18(10-23)30(49,50)51)24-11-19(31(52,53)54)4-20(12-24)32(55,56)57;1-3-7(10-5-1)9-8-4-2-6-11-8/h1-12H;1-6H/q-1;+1. The second-order valence-corrected chi connectivity index (χ2v) is 20.4. The summed E-state index contributed by atoms with van der Waals surface area (Å²) in [6.45, 7) is 0. The normalized spacial score (nSPS) is 13.6. The van der Waals surface area contributed by atoms with Crippen LogP contribution in [0.2, 0.25) is 0 Å². The Morgan fingerprint density at radius 2 is 0.456 bits per heavy atom. The SMILES string of the molecule is FC(F)(F)c1cc([B-](c2cc(C(F)(F)F)cc(C(F)(F)F)c2)(c2cc(C(F)(F)F)cc(C(F)(F)F)c2)c2cc(C(F)(F)F)cc(C(F)(F)F)c2)cc(C(F)(F)F)c1.c1csc([I+]c2cccs2)c1. The quantitative estimate of drug-likeness (QED) is 0.0886. The summed E-state index contributed by atoms with van der Waals surface area (Å²) >= 11 is 3.89. The maximum Gasteiger partial charge on any atom is 0.416 e. The summed E-state index contributed by atoms with van der Waals surface area (Å²) in [4.78, 5) is 0. The van der Waals surface area contributed by atoms with Crippen LogP contribution in [-0.4, -0.2) is 6.15 Å². The van der Waals surface area contributed by atoms with Crippen LogP contribution in [0, 0.1) is 5.77 Å². The summed E-state index contributed by atoms with van der Waals surface area (Å²) in [6.07, 6.45) is -54.8. The highest BCUT2D eigenvalue weighted by molar-refractivity contribution is 7.20. The Morgan fingerprint density at radius 1 is 0.279 bits per heavy atom. The predicted octanol–water partition coefficient (Wildman–Crippen LogP) is 11.2. The molecule has 4 aromatic carbocycles. The monoisotopic (exact) mass is 1160 g/mol. The zero-order chi connectivity index (χ0) is 51.4. The van der Waals surface area contributed by atoms with Gasteiger partial charge in [0.1, 0.15) is 6.15 Å². The minimum Gasteiger partial charge on any atom is -0.194 e. The van der Waals surface area contributed by atoms with Gasteiger partial charge in [-0.3, -0.25) is 0 Å². The molecule has 0 aliphatic heterocycles. The second kappa shape index (κ2) is 18.6. The fraction of sp³-hybridized carbons (Fsp3) is 0.200. The molecule has 0 unspecified atom stereocenters. The molecule has 2 heterocycles. The molecular weight excluding hydrogens is 1140 g/mol. The third-order valence-electron chi connectivity index (χ3n) is 9.60. The molecule has 6 rings (SSSR count). The molecule has 0 bridgehead atoms. The molecule has 0 amide bonds. The Balaban J connectivity index is 0.000000680. The van der Waals surface area contributed by atoms with Gasteiger partial charge >= 0.3 is 70.6 Å². The number of alkyl halides is 24. The minimum atomic E-state index is -6.13. The first-order valence-electron chi connectivity index (χ1n) is 17.8. The van der Waals surface area contributed by atoms with Crippen LogP contribution in [0.15, 0.2) is 108 Å². The number of thiophene rings is 2. The van der Waals surface area contributed by atoms with Crippen molar-refractivity contribution >= 4 is 50.7 Å². The van der Waals surface area contributed by atoms with Crippen molar-refractivity contribution in [2.24, 2.45) is 0 Å². The summed E-state index contributed by atoms with van der Waals surface area (Å²) in [5.74, 6) is 0. The molecule has 6 aromatic rings. The van der Waals surface area contributed by atoms with Crippen LogP contribution in [0.25, 0.3) is 0 Å². The fourth-order valence-corrected chi connectivity index (χ4v) is 12.1. The summed E-state index contributed by atoms with van der Waals surface area (Å²) in [5.41, 5.74) is -30.2. The minimum absolute atomic E-state index is 0.141. The summed E-state index contributed by atoms with van der Waals surface area (Å²) < 4.78 is 344. The average Bonchev–Trinajstić information content (AvgIpc) is 3.91. The first-order chi connectivity index (χ1) is 30.7. The van der Waals surface area contributed by atoms with Crippen molar-refractivity contribution in [3.05, 3.63) is 158 Å². The van der Waals surface area contributed by atoms with Crippen LogP contribution in [0.4, 0.5) is 105 Å². The van der Waals surface area contributed by atoms with Gasteiger partial charge in [-0.2, -0.15) is 127 Å². The van der Waals surface area contributed by atoms with Crippen molar-refractivity contribution in [1.29, 1.82) is 0 Å². The van der Waals surface area contributed by atoms with E-state index in [0.29, 0.717) is 0 Å². The second-order valence-electron chi connectivity index (χ2n) is 14.2. The van der Waals surface area contributed by atoms with E-state index in [2.05, 4.69) is 35.0 Å². The molecule has 0 spiro atoms. The maximum atomic E-state index is 14.2. The molecular formula is C40H18BF24IS2. The Kier molecular flexibility index (Phi) is 14.9. The van der Waals surface area contributed by atoms with Crippen molar-refractivity contribution in [2.45, 2.75) is 49.4 Å². The van der Waals surface area contributed by atoms with Gasteiger partial charge in [0, 0.05) is 12.1 Å². The van der Waals surface area contributed by atoms with Crippen molar-refractivity contribution in [2.75, 3.05) is 0 Å². The molecule has 0 N–H and O–H groups in total. The highest BCUT2D eigenvalue weighted by Gasteiger charge is 2.47. The van der Waals surface area contributed by atoms with E-state index in [1.165, 1.54) is 0 Å². The lowest BCUT2D eigenvalue weighted by atomic mass is 9.12. The predicted molar refractivity (Wildman–Crippen MR) is 196 cm³/mol. The topological polar surface area (TPSA) is 0 Å². The third kappa shape index (κ3) is 12.6. The number of benzene rings is 4. The van der Waals surface area contributed by atoms with E-state index in [1.54, 1.807) is 5.77 Å². The number of hydrogen-bond donors (Lipinski definition) is 0. The van der Waals surface area contributed by atoms with Gasteiger partial charge < -0.3 is 0 Å². The molecule has 68 heavy (non-hydrogen) atoms. The van der Waals surface area contributed by atoms with Crippen LogP contribution in [0.1, 0.15) is 44.5 Å². The molecule has 0 nitrogen and oxygen atoms in total. The van der Waals surface area contributed by atoms with Gasteiger partial charge in [-0.25, -0.2) is 0 Å². The lowest BCUT2D eigenvalue weighted by molar-refractivity contribution is -0.585. The van der Waals surface area contributed by atoms with Gasteiger partial charge in [0.05, 0.1) is 44.5 Å². The molecule has 0 fully saturated rings. The Bertz CT molecular complexity index is 2230. The molecule has 0 saturated carbocycles.